The Hall–Kier alpha value is -2.99. The molecular formula is C24H29N3O3. The van der Waals surface area contributed by atoms with Gasteiger partial charge in [0, 0.05) is 43.9 Å². The van der Waals surface area contributed by atoms with Gasteiger partial charge in [0.15, 0.2) is 5.96 Å². The van der Waals surface area contributed by atoms with Crippen LogP contribution in [0.1, 0.15) is 23.3 Å². The number of nitrogens with zero attached hydrogens (tertiary/aromatic N) is 1. The molecule has 30 heavy (non-hydrogen) atoms. The van der Waals surface area contributed by atoms with Crippen LogP contribution in [0.4, 0.5) is 0 Å². The van der Waals surface area contributed by atoms with Crippen molar-refractivity contribution in [1.82, 2.24) is 10.6 Å². The first kappa shape index (κ1) is 20.3. The highest BCUT2D eigenvalue weighted by atomic mass is 16.5. The molecule has 1 aromatic heterocycles. The summed E-state index contributed by atoms with van der Waals surface area (Å²) in [6.45, 7) is 4.87. The number of para-hydroxylation sites is 1. The van der Waals surface area contributed by atoms with Crippen molar-refractivity contribution in [2.75, 3.05) is 26.8 Å². The molecule has 1 fully saturated rings. The molecule has 6 nitrogen and oxygen atoms in total. The fourth-order valence-electron chi connectivity index (χ4n) is 3.57. The average molecular weight is 408 g/mol. The highest BCUT2D eigenvalue weighted by molar-refractivity contribution is 5.80. The first-order valence-corrected chi connectivity index (χ1v) is 10.5. The molecule has 0 bridgehead atoms. The molecule has 0 amide bonds. The maximum atomic E-state index is 6.18. The van der Waals surface area contributed by atoms with Gasteiger partial charge in [0.2, 0.25) is 0 Å². The summed E-state index contributed by atoms with van der Waals surface area (Å²) in [5, 5.41) is 7.87. The van der Waals surface area contributed by atoms with E-state index >= 15 is 0 Å². The van der Waals surface area contributed by atoms with Gasteiger partial charge in [-0.15, -0.1) is 0 Å². The molecule has 0 saturated carbocycles. The molecule has 2 aromatic carbocycles. The van der Waals surface area contributed by atoms with E-state index in [1.165, 1.54) is 5.56 Å². The Morgan fingerprint density at radius 3 is 2.87 bits per heavy atom. The normalized spacial score (nSPS) is 16.7. The second-order valence-electron chi connectivity index (χ2n) is 7.57. The number of aliphatic imine (C=N–C) groups is 1. The predicted molar refractivity (Wildman–Crippen MR) is 119 cm³/mol. The Kier molecular flexibility index (Phi) is 6.54. The zero-order chi connectivity index (χ0) is 20.8. The van der Waals surface area contributed by atoms with Crippen molar-refractivity contribution in [3.8, 4) is 5.75 Å². The summed E-state index contributed by atoms with van der Waals surface area (Å²) < 4.78 is 17.5. The number of benzene rings is 2. The lowest BCUT2D eigenvalue weighted by Crippen LogP contribution is -2.38. The molecule has 0 aliphatic carbocycles. The smallest absolute Gasteiger partial charge is 0.191 e. The van der Waals surface area contributed by atoms with E-state index in [1.54, 1.807) is 7.05 Å². The molecule has 2 heterocycles. The van der Waals surface area contributed by atoms with Crippen LogP contribution in [0.3, 0.4) is 0 Å². The van der Waals surface area contributed by atoms with Gasteiger partial charge in [-0.3, -0.25) is 4.99 Å². The van der Waals surface area contributed by atoms with E-state index in [9.17, 15) is 0 Å². The van der Waals surface area contributed by atoms with Gasteiger partial charge in [-0.2, -0.15) is 0 Å². The van der Waals surface area contributed by atoms with Crippen LogP contribution < -0.4 is 15.4 Å². The van der Waals surface area contributed by atoms with Gasteiger partial charge in [-0.1, -0.05) is 30.3 Å². The lowest BCUT2D eigenvalue weighted by Gasteiger charge is -2.18. The van der Waals surface area contributed by atoms with Crippen LogP contribution in [-0.4, -0.2) is 38.9 Å². The average Bonchev–Trinajstić information content (AvgIpc) is 3.41. The predicted octanol–water partition coefficient (Wildman–Crippen LogP) is 3.82. The van der Waals surface area contributed by atoms with E-state index in [0.29, 0.717) is 13.2 Å². The van der Waals surface area contributed by atoms with Crippen molar-refractivity contribution < 1.29 is 13.9 Å². The molecule has 1 saturated heterocycles. The minimum absolute atomic E-state index is 0.131. The van der Waals surface area contributed by atoms with E-state index in [0.717, 1.165) is 60.0 Å². The second-order valence-corrected chi connectivity index (χ2v) is 7.57. The summed E-state index contributed by atoms with van der Waals surface area (Å²) in [6, 6.07) is 16.5. The Morgan fingerprint density at radius 1 is 1.17 bits per heavy atom. The van der Waals surface area contributed by atoms with E-state index in [4.69, 9.17) is 13.9 Å². The van der Waals surface area contributed by atoms with Gasteiger partial charge in [-0.25, -0.2) is 0 Å². The van der Waals surface area contributed by atoms with Crippen LogP contribution in [-0.2, 0) is 17.7 Å². The number of fused-ring (bicyclic) bond motifs is 1. The lowest BCUT2D eigenvalue weighted by atomic mass is 10.1. The molecule has 158 valence electrons. The molecule has 1 atom stereocenters. The number of hydrogen-bond acceptors (Lipinski definition) is 4. The summed E-state index contributed by atoms with van der Waals surface area (Å²) in [5.74, 6) is 2.63. The van der Waals surface area contributed by atoms with E-state index in [2.05, 4.69) is 52.9 Å². The quantitative estimate of drug-likeness (QED) is 0.460. The van der Waals surface area contributed by atoms with Gasteiger partial charge in [0.25, 0.3) is 0 Å². The molecule has 1 aliphatic heterocycles. The number of guanidine groups is 1. The van der Waals surface area contributed by atoms with Crippen LogP contribution in [0.25, 0.3) is 11.0 Å². The Morgan fingerprint density at radius 2 is 2.07 bits per heavy atom. The number of nitrogens with one attached hydrogen (secondary N) is 2. The van der Waals surface area contributed by atoms with Crippen molar-refractivity contribution in [2.24, 2.45) is 4.99 Å². The van der Waals surface area contributed by atoms with Gasteiger partial charge < -0.3 is 24.5 Å². The van der Waals surface area contributed by atoms with Crippen molar-refractivity contribution in [2.45, 2.75) is 32.4 Å². The Bertz CT molecular complexity index is 973. The summed E-state index contributed by atoms with van der Waals surface area (Å²) in [4.78, 5) is 4.33. The van der Waals surface area contributed by atoms with Crippen LogP contribution in [0.5, 0.6) is 5.75 Å². The lowest BCUT2D eigenvalue weighted by molar-refractivity contribution is 0.140. The molecule has 0 spiro atoms. The van der Waals surface area contributed by atoms with Crippen LogP contribution in [0, 0.1) is 6.92 Å². The SMILES string of the molecule is CN=C(NCCc1cc2ccccc2o1)NCc1ccc(C)cc1OC1CCOC1. The molecule has 1 unspecified atom stereocenters. The van der Waals surface area contributed by atoms with Crippen LogP contribution in [0.2, 0.25) is 0 Å². The van der Waals surface area contributed by atoms with Crippen molar-refractivity contribution in [3.63, 3.8) is 0 Å². The highest BCUT2D eigenvalue weighted by Gasteiger charge is 2.18. The van der Waals surface area contributed by atoms with Crippen molar-refractivity contribution in [1.29, 1.82) is 0 Å². The number of furan rings is 1. The largest absolute Gasteiger partial charge is 0.488 e. The molecule has 4 rings (SSSR count). The minimum atomic E-state index is 0.131. The van der Waals surface area contributed by atoms with Crippen LogP contribution in [0.15, 0.2) is 57.9 Å². The third-order valence-electron chi connectivity index (χ3n) is 5.21. The number of aryl methyl sites for hydroxylation is 1. The van der Waals surface area contributed by atoms with Gasteiger partial charge >= 0.3 is 0 Å². The molecule has 3 aromatic rings. The zero-order valence-corrected chi connectivity index (χ0v) is 17.6. The van der Waals surface area contributed by atoms with E-state index in [1.807, 2.05) is 18.2 Å². The number of hydrogen-bond donors (Lipinski definition) is 2. The summed E-state index contributed by atoms with van der Waals surface area (Å²) in [7, 11) is 1.78. The topological polar surface area (TPSA) is 68.0 Å². The molecule has 0 radical (unpaired) electrons. The number of ether oxygens (including phenoxy) is 2. The van der Waals surface area contributed by atoms with E-state index in [-0.39, 0.29) is 6.10 Å². The standard InChI is InChI=1S/C24H29N3O3/c1-17-7-8-19(23(13-17)30-21-10-12-28-16-21)15-27-24(25-2)26-11-9-20-14-18-5-3-4-6-22(18)29-20/h3-8,13-14,21H,9-12,15-16H2,1-2H3,(H2,25,26,27). The monoisotopic (exact) mass is 407 g/mol. The summed E-state index contributed by atoms with van der Waals surface area (Å²) >= 11 is 0. The summed E-state index contributed by atoms with van der Waals surface area (Å²) in [6.07, 6.45) is 1.86. The second kappa shape index (κ2) is 9.67. The maximum Gasteiger partial charge on any atom is 0.191 e. The minimum Gasteiger partial charge on any atom is -0.488 e. The molecule has 1 aliphatic rings. The first-order valence-electron chi connectivity index (χ1n) is 10.5. The van der Waals surface area contributed by atoms with Crippen molar-refractivity contribution >= 4 is 16.9 Å². The first-order chi connectivity index (χ1) is 14.7. The zero-order valence-electron chi connectivity index (χ0n) is 17.6. The van der Waals surface area contributed by atoms with Gasteiger partial charge in [-0.05, 0) is 30.7 Å². The van der Waals surface area contributed by atoms with Crippen LogP contribution >= 0.6 is 0 Å². The fraction of sp³-hybridized carbons (Fsp3) is 0.375. The Labute approximate surface area is 177 Å². The third-order valence-corrected chi connectivity index (χ3v) is 5.21. The van der Waals surface area contributed by atoms with Gasteiger partial charge in [0.1, 0.15) is 23.2 Å². The molecule has 6 heteroatoms. The van der Waals surface area contributed by atoms with E-state index < -0.39 is 0 Å². The Balaban J connectivity index is 1.30. The maximum absolute atomic E-state index is 6.18. The summed E-state index contributed by atoms with van der Waals surface area (Å²) in [5.41, 5.74) is 3.21. The third kappa shape index (κ3) is 5.13. The number of rotatable bonds is 7. The highest BCUT2D eigenvalue weighted by Crippen LogP contribution is 2.24. The molecule has 2 N–H and O–H groups in total. The van der Waals surface area contributed by atoms with Gasteiger partial charge in [0.05, 0.1) is 13.2 Å². The van der Waals surface area contributed by atoms with Crippen molar-refractivity contribution in [3.05, 3.63) is 65.4 Å². The molecular weight excluding hydrogens is 378 g/mol. The fourth-order valence-corrected chi connectivity index (χ4v) is 3.57.